The second kappa shape index (κ2) is 9.65. The van der Waals surface area contributed by atoms with E-state index in [0.29, 0.717) is 21.8 Å². The van der Waals surface area contributed by atoms with E-state index in [-0.39, 0.29) is 18.3 Å². The number of rotatable bonds is 7. The van der Waals surface area contributed by atoms with Gasteiger partial charge in [-0.2, -0.15) is 0 Å². The number of amides is 1. The van der Waals surface area contributed by atoms with Gasteiger partial charge < -0.3 is 14.6 Å². The van der Waals surface area contributed by atoms with Crippen LogP contribution in [0.25, 0.3) is 0 Å². The summed E-state index contributed by atoms with van der Waals surface area (Å²) in [5, 5.41) is 12.5. The number of benzene rings is 2. The molecule has 0 saturated carbocycles. The van der Waals surface area contributed by atoms with E-state index < -0.39 is 0 Å². The number of anilines is 1. The van der Waals surface area contributed by atoms with Crippen LogP contribution in [0.2, 0.25) is 5.02 Å². The molecular weight excluding hydrogens is 476 g/mol. The lowest BCUT2D eigenvalue weighted by Gasteiger charge is -2.12. The van der Waals surface area contributed by atoms with E-state index in [0.717, 1.165) is 21.3 Å². The number of aryl methyl sites for hydroxylation is 2. The van der Waals surface area contributed by atoms with Crippen molar-refractivity contribution in [3.8, 4) is 5.75 Å². The molecule has 1 amide bonds. The van der Waals surface area contributed by atoms with E-state index in [2.05, 4.69) is 31.4 Å². The lowest BCUT2D eigenvalue weighted by molar-refractivity contribution is -0.113. The van der Waals surface area contributed by atoms with Gasteiger partial charge in [-0.1, -0.05) is 51.4 Å². The number of aromatic nitrogens is 3. The molecular formula is C20H20BrClN4O2S. The molecule has 0 aliphatic carbocycles. The molecule has 3 aromatic rings. The molecule has 0 spiro atoms. The highest BCUT2D eigenvalue weighted by molar-refractivity contribution is 9.10. The molecule has 0 fully saturated rings. The summed E-state index contributed by atoms with van der Waals surface area (Å²) < 4.78 is 8.51. The quantitative estimate of drug-likeness (QED) is 0.459. The van der Waals surface area contributed by atoms with Gasteiger partial charge in [0.2, 0.25) is 5.91 Å². The Hall–Kier alpha value is -2.03. The molecule has 3 rings (SSSR count). The summed E-state index contributed by atoms with van der Waals surface area (Å²) in [7, 11) is 1.84. The van der Waals surface area contributed by atoms with Crippen molar-refractivity contribution in [1.29, 1.82) is 0 Å². The Morgan fingerprint density at radius 2 is 1.93 bits per heavy atom. The van der Waals surface area contributed by atoms with Crippen LogP contribution in [0.1, 0.15) is 17.0 Å². The highest BCUT2D eigenvalue weighted by atomic mass is 79.9. The van der Waals surface area contributed by atoms with Gasteiger partial charge in [0.05, 0.1) is 10.8 Å². The maximum absolute atomic E-state index is 12.4. The maximum atomic E-state index is 12.4. The molecule has 0 unspecified atom stereocenters. The van der Waals surface area contributed by atoms with Gasteiger partial charge in [0.15, 0.2) is 11.0 Å². The minimum Gasteiger partial charge on any atom is -0.484 e. The Bertz CT molecular complexity index is 1020. The molecule has 0 saturated heterocycles. The standard InChI is InChI=1S/C20H20BrClN4O2S/c1-12-8-14(21)9-13(2)19(12)23-18(27)11-29-20-25-24-17(26(20)3)10-28-16-7-5-4-6-15(16)22/h4-9H,10-11H2,1-3H3,(H,23,27). The van der Waals surface area contributed by atoms with Gasteiger partial charge in [-0.25, -0.2) is 0 Å². The number of halogens is 2. The zero-order valence-corrected chi connectivity index (χ0v) is 19.4. The number of carbonyl (C=O) groups excluding carboxylic acids is 1. The van der Waals surface area contributed by atoms with E-state index in [4.69, 9.17) is 16.3 Å². The number of hydrogen-bond acceptors (Lipinski definition) is 5. The lowest BCUT2D eigenvalue weighted by Crippen LogP contribution is -2.16. The Labute approximate surface area is 187 Å². The van der Waals surface area contributed by atoms with Crippen LogP contribution in [0, 0.1) is 13.8 Å². The van der Waals surface area contributed by atoms with E-state index in [1.165, 1.54) is 11.8 Å². The van der Waals surface area contributed by atoms with Crippen molar-refractivity contribution in [2.24, 2.45) is 7.05 Å². The topological polar surface area (TPSA) is 69.0 Å². The first-order chi connectivity index (χ1) is 13.8. The fourth-order valence-corrected chi connectivity index (χ4v) is 4.32. The summed E-state index contributed by atoms with van der Waals surface area (Å²) in [4.78, 5) is 12.4. The van der Waals surface area contributed by atoms with Crippen molar-refractivity contribution < 1.29 is 9.53 Å². The molecule has 1 heterocycles. The molecule has 0 aliphatic heterocycles. The van der Waals surface area contributed by atoms with Crippen molar-refractivity contribution in [1.82, 2.24) is 14.8 Å². The fraction of sp³-hybridized carbons (Fsp3) is 0.250. The number of thioether (sulfide) groups is 1. The van der Waals surface area contributed by atoms with E-state index in [1.807, 2.05) is 49.7 Å². The predicted molar refractivity (Wildman–Crippen MR) is 120 cm³/mol. The van der Waals surface area contributed by atoms with Crippen LogP contribution in [0.5, 0.6) is 5.75 Å². The highest BCUT2D eigenvalue weighted by Crippen LogP contribution is 2.26. The summed E-state index contributed by atoms with van der Waals surface area (Å²) in [5.74, 6) is 1.37. The molecule has 2 aromatic carbocycles. The van der Waals surface area contributed by atoms with Gasteiger partial charge in [-0.15, -0.1) is 10.2 Å². The molecule has 0 aliphatic rings. The molecule has 1 aromatic heterocycles. The number of nitrogens with one attached hydrogen (secondary N) is 1. The van der Waals surface area contributed by atoms with Gasteiger partial charge in [0.1, 0.15) is 12.4 Å². The Morgan fingerprint density at radius 3 is 2.62 bits per heavy atom. The Balaban J connectivity index is 1.57. The summed E-state index contributed by atoms with van der Waals surface area (Å²) in [6.45, 7) is 4.17. The summed E-state index contributed by atoms with van der Waals surface area (Å²) in [6.07, 6.45) is 0. The fourth-order valence-electron chi connectivity index (χ4n) is 2.71. The number of para-hydroxylation sites is 1. The molecule has 0 radical (unpaired) electrons. The zero-order valence-electron chi connectivity index (χ0n) is 16.2. The second-order valence-electron chi connectivity index (χ2n) is 6.43. The van der Waals surface area contributed by atoms with Crippen LogP contribution in [0.4, 0.5) is 5.69 Å². The summed E-state index contributed by atoms with van der Waals surface area (Å²) >= 11 is 10.9. The van der Waals surface area contributed by atoms with Crippen LogP contribution < -0.4 is 10.1 Å². The minimum absolute atomic E-state index is 0.0969. The van der Waals surface area contributed by atoms with Crippen LogP contribution in [-0.2, 0) is 18.4 Å². The van der Waals surface area contributed by atoms with Gasteiger partial charge in [-0.05, 0) is 49.2 Å². The Morgan fingerprint density at radius 1 is 1.24 bits per heavy atom. The first-order valence-electron chi connectivity index (χ1n) is 8.80. The molecule has 1 N–H and O–H groups in total. The normalized spacial score (nSPS) is 10.8. The lowest BCUT2D eigenvalue weighted by atomic mass is 10.1. The van der Waals surface area contributed by atoms with Crippen molar-refractivity contribution >= 4 is 50.9 Å². The van der Waals surface area contributed by atoms with E-state index >= 15 is 0 Å². The molecule has 6 nitrogen and oxygen atoms in total. The van der Waals surface area contributed by atoms with Crippen molar-refractivity contribution in [3.63, 3.8) is 0 Å². The predicted octanol–water partition coefficient (Wildman–Crippen LogP) is 5.16. The molecule has 152 valence electrons. The summed E-state index contributed by atoms with van der Waals surface area (Å²) in [5.41, 5.74) is 2.85. The first-order valence-corrected chi connectivity index (χ1v) is 11.0. The molecule has 0 atom stereocenters. The number of carbonyl (C=O) groups is 1. The highest BCUT2D eigenvalue weighted by Gasteiger charge is 2.14. The third kappa shape index (κ3) is 5.52. The van der Waals surface area contributed by atoms with Crippen molar-refractivity contribution in [2.45, 2.75) is 25.6 Å². The van der Waals surface area contributed by atoms with Gasteiger partial charge in [0.25, 0.3) is 0 Å². The van der Waals surface area contributed by atoms with Gasteiger partial charge in [0, 0.05) is 17.2 Å². The molecule has 29 heavy (non-hydrogen) atoms. The zero-order chi connectivity index (χ0) is 21.0. The second-order valence-corrected chi connectivity index (χ2v) is 8.69. The minimum atomic E-state index is -0.0969. The molecule has 9 heteroatoms. The van der Waals surface area contributed by atoms with Crippen molar-refractivity contribution in [3.05, 3.63) is 62.8 Å². The maximum Gasteiger partial charge on any atom is 0.234 e. The average molecular weight is 496 g/mol. The summed E-state index contributed by atoms with van der Waals surface area (Å²) in [6, 6.07) is 11.2. The largest absolute Gasteiger partial charge is 0.484 e. The van der Waals surface area contributed by atoms with E-state index in [9.17, 15) is 4.79 Å². The van der Waals surface area contributed by atoms with Crippen LogP contribution in [0.3, 0.4) is 0 Å². The smallest absolute Gasteiger partial charge is 0.234 e. The molecule has 0 bridgehead atoms. The first kappa shape index (κ1) is 21.7. The van der Waals surface area contributed by atoms with Gasteiger partial charge in [-0.3, -0.25) is 4.79 Å². The average Bonchev–Trinajstić information content (AvgIpc) is 3.02. The number of ether oxygens (including phenoxy) is 1. The monoisotopic (exact) mass is 494 g/mol. The van der Waals surface area contributed by atoms with E-state index in [1.54, 1.807) is 12.1 Å². The number of nitrogens with zero attached hydrogens (tertiary/aromatic N) is 3. The SMILES string of the molecule is Cc1cc(Br)cc(C)c1NC(=O)CSc1nnc(COc2ccccc2Cl)n1C. The Kier molecular flexibility index (Phi) is 7.21. The third-order valence-electron chi connectivity index (χ3n) is 4.21. The number of hydrogen-bond donors (Lipinski definition) is 1. The van der Waals surface area contributed by atoms with Crippen LogP contribution in [0.15, 0.2) is 46.0 Å². The van der Waals surface area contributed by atoms with Crippen LogP contribution >= 0.6 is 39.3 Å². The van der Waals surface area contributed by atoms with Crippen LogP contribution in [-0.4, -0.2) is 26.4 Å². The van der Waals surface area contributed by atoms with Crippen molar-refractivity contribution in [2.75, 3.05) is 11.1 Å². The van der Waals surface area contributed by atoms with Gasteiger partial charge >= 0.3 is 0 Å². The third-order valence-corrected chi connectivity index (χ3v) is 6.00.